The second kappa shape index (κ2) is 7.84. The van der Waals surface area contributed by atoms with Crippen molar-refractivity contribution >= 4 is 22.9 Å². The summed E-state index contributed by atoms with van der Waals surface area (Å²) in [5.74, 6) is 0.599. The second-order valence-electron chi connectivity index (χ2n) is 6.98. The van der Waals surface area contributed by atoms with Crippen molar-refractivity contribution in [2.45, 2.75) is 38.9 Å². The predicted molar refractivity (Wildman–Crippen MR) is 107 cm³/mol. The SMILES string of the molecule is CCn1c(=O)n(CC(=O)NC2CCN(c3ncccn3)CC2)c2ccccc21. The Morgan fingerprint density at radius 1 is 1.07 bits per heavy atom. The van der Waals surface area contributed by atoms with E-state index in [1.165, 1.54) is 0 Å². The maximum absolute atomic E-state index is 12.7. The van der Waals surface area contributed by atoms with Crippen LogP contribution in [0.2, 0.25) is 0 Å². The third-order valence-corrected chi connectivity index (χ3v) is 5.24. The van der Waals surface area contributed by atoms with Crippen LogP contribution >= 0.6 is 0 Å². The Labute approximate surface area is 162 Å². The molecular weight excluding hydrogens is 356 g/mol. The number of aromatic nitrogens is 4. The lowest BCUT2D eigenvalue weighted by atomic mass is 10.1. The van der Waals surface area contributed by atoms with Gasteiger partial charge in [-0.3, -0.25) is 13.9 Å². The molecule has 1 amide bonds. The zero-order chi connectivity index (χ0) is 19.5. The minimum absolute atomic E-state index is 0.0361. The molecule has 1 aliphatic rings. The third kappa shape index (κ3) is 3.49. The van der Waals surface area contributed by atoms with Crippen LogP contribution in [0.4, 0.5) is 5.95 Å². The number of fused-ring (bicyclic) bond motifs is 1. The van der Waals surface area contributed by atoms with Crippen molar-refractivity contribution in [2.75, 3.05) is 18.0 Å². The molecule has 3 heterocycles. The van der Waals surface area contributed by atoms with Crippen LogP contribution in [0.1, 0.15) is 19.8 Å². The van der Waals surface area contributed by atoms with E-state index in [9.17, 15) is 9.59 Å². The van der Waals surface area contributed by atoms with Gasteiger partial charge in [-0.2, -0.15) is 0 Å². The van der Waals surface area contributed by atoms with Gasteiger partial charge in [-0.15, -0.1) is 0 Å². The second-order valence-corrected chi connectivity index (χ2v) is 6.98. The van der Waals surface area contributed by atoms with Crippen LogP contribution in [-0.2, 0) is 17.9 Å². The Morgan fingerprint density at radius 3 is 2.36 bits per heavy atom. The summed E-state index contributed by atoms with van der Waals surface area (Å²) in [4.78, 5) is 36.0. The zero-order valence-corrected chi connectivity index (χ0v) is 15.9. The van der Waals surface area contributed by atoms with E-state index in [1.54, 1.807) is 27.6 Å². The predicted octanol–water partition coefficient (Wildman–Crippen LogP) is 1.40. The van der Waals surface area contributed by atoms with E-state index in [2.05, 4.69) is 20.2 Å². The van der Waals surface area contributed by atoms with Crippen LogP contribution in [-0.4, -0.2) is 44.1 Å². The number of benzene rings is 1. The number of anilines is 1. The minimum atomic E-state index is -0.144. The van der Waals surface area contributed by atoms with E-state index in [1.807, 2.05) is 31.2 Å². The molecule has 3 aromatic rings. The maximum Gasteiger partial charge on any atom is 0.329 e. The molecule has 146 valence electrons. The number of hydrogen-bond acceptors (Lipinski definition) is 5. The third-order valence-electron chi connectivity index (χ3n) is 5.24. The molecule has 8 nitrogen and oxygen atoms in total. The fourth-order valence-electron chi connectivity index (χ4n) is 3.83. The van der Waals surface area contributed by atoms with E-state index >= 15 is 0 Å². The molecule has 0 atom stereocenters. The average Bonchev–Trinajstić information content (AvgIpc) is 3.00. The molecule has 0 unspecified atom stereocenters. The topological polar surface area (TPSA) is 85.0 Å². The number of imidazole rings is 1. The molecule has 1 N–H and O–H groups in total. The average molecular weight is 380 g/mol. The first-order chi connectivity index (χ1) is 13.7. The fraction of sp³-hybridized carbons (Fsp3) is 0.400. The number of nitrogens with zero attached hydrogens (tertiary/aromatic N) is 5. The Kier molecular flexibility index (Phi) is 5.10. The number of piperidine rings is 1. The highest BCUT2D eigenvalue weighted by Crippen LogP contribution is 2.16. The van der Waals surface area contributed by atoms with Gasteiger partial charge in [0.1, 0.15) is 6.54 Å². The van der Waals surface area contributed by atoms with Gasteiger partial charge in [0.2, 0.25) is 11.9 Å². The first kappa shape index (κ1) is 18.2. The van der Waals surface area contributed by atoms with E-state index < -0.39 is 0 Å². The van der Waals surface area contributed by atoms with Gasteiger partial charge in [0.25, 0.3) is 0 Å². The van der Waals surface area contributed by atoms with Crippen LogP contribution in [0.5, 0.6) is 0 Å². The van der Waals surface area contributed by atoms with Gasteiger partial charge >= 0.3 is 5.69 Å². The van der Waals surface area contributed by atoms with E-state index in [0.29, 0.717) is 6.54 Å². The number of nitrogens with one attached hydrogen (secondary N) is 1. The molecular formula is C20H24N6O2. The van der Waals surface area contributed by atoms with Crippen molar-refractivity contribution in [3.05, 3.63) is 53.2 Å². The van der Waals surface area contributed by atoms with Crippen molar-refractivity contribution in [1.29, 1.82) is 0 Å². The number of aryl methyl sites for hydroxylation is 1. The first-order valence-corrected chi connectivity index (χ1v) is 9.66. The summed E-state index contributed by atoms with van der Waals surface area (Å²) in [6, 6.07) is 9.49. The molecule has 1 aromatic carbocycles. The van der Waals surface area contributed by atoms with E-state index in [0.717, 1.165) is 42.9 Å². The lowest BCUT2D eigenvalue weighted by Gasteiger charge is -2.32. The number of carbonyl (C=O) groups excluding carboxylic acids is 1. The molecule has 0 bridgehead atoms. The first-order valence-electron chi connectivity index (χ1n) is 9.66. The van der Waals surface area contributed by atoms with Crippen molar-refractivity contribution in [3.63, 3.8) is 0 Å². The smallest absolute Gasteiger partial charge is 0.329 e. The van der Waals surface area contributed by atoms with Crippen molar-refractivity contribution in [2.24, 2.45) is 0 Å². The van der Waals surface area contributed by atoms with Gasteiger partial charge in [0, 0.05) is 38.1 Å². The summed E-state index contributed by atoms with van der Waals surface area (Å²) < 4.78 is 3.25. The number of rotatable bonds is 5. The Hall–Kier alpha value is -3.16. The van der Waals surface area contributed by atoms with Crippen LogP contribution in [0, 0.1) is 0 Å². The maximum atomic E-state index is 12.7. The molecule has 0 spiro atoms. The molecule has 8 heteroatoms. The molecule has 0 aliphatic carbocycles. The Morgan fingerprint density at radius 2 is 1.71 bits per heavy atom. The standard InChI is InChI=1S/C20H24N6O2/c1-2-25-16-6-3-4-7-17(16)26(20(25)28)14-18(27)23-15-8-12-24(13-9-15)19-21-10-5-11-22-19/h3-7,10-11,15H,2,8-9,12-14H2,1H3,(H,23,27). The van der Waals surface area contributed by atoms with Gasteiger partial charge in [0.05, 0.1) is 11.0 Å². The van der Waals surface area contributed by atoms with Crippen LogP contribution in [0.25, 0.3) is 11.0 Å². The molecule has 1 saturated heterocycles. The monoisotopic (exact) mass is 380 g/mol. The summed E-state index contributed by atoms with van der Waals surface area (Å²) in [7, 11) is 0. The summed E-state index contributed by atoms with van der Waals surface area (Å²) in [6.07, 6.45) is 5.13. The molecule has 2 aromatic heterocycles. The largest absolute Gasteiger partial charge is 0.352 e. The van der Waals surface area contributed by atoms with Gasteiger partial charge in [-0.05, 0) is 38.0 Å². The summed E-state index contributed by atoms with van der Waals surface area (Å²) in [5, 5.41) is 3.08. The summed E-state index contributed by atoms with van der Waals surface area (Å²) >= 11 is 0. The van der Waals surface area contributed by atoms with E-state index in [4.69, 9.17) is 0 Å². The van der Waals surface area contributed by atoms with Gasteiger partial charge < -0.3 is 10.2 Å². The summed E-state index contributed by atoms with van der Waals surface area (Å²) in [6.45, 7) is 4.14. The highest BCUT2D eigenvalue weighted by Gasteiger charge is 2.23. The van der Waals surface area contributed by atoms with E-state index in [-0.39, 0.29) is 24.2 Å². The van der Waals surface area contributed by atoms with Crippen LogP contribution < -0.4 is 15.9 Å². The summed E-state index contributed by atoms with van der Waals surface area (Å²) in [5.41, 5.74) is 1.51. The lowest BCUT2D eigenvalue weighted by molar-refractivity contribution is -0.122. The molecule has 28 heavy (non-hydrogen) atoms. The van der Waals surface area contributed by atoms with Crippen molar-refractivity contribution < 1.29 is 4.79 Å². The number of para-hydroxylation sites is 2. The van der Waals surface area contributed by atoms with Crippen molar-refractivity contribution in [3.8, 4) is 0 Å². The highest BCUT2D eigenvalue weighted by molar-refractivity contribution is 5.81. The van der Waals surface area contributed by atoms with Crippen LogP contribution in [0.3, 0.4) is 0 Å². The quantitative estimate of drug-likeness (QED) is 0.723. The lowest BCUT2D eigenvalue weighted by Crippen LogP contribution is -2.46. The molecule has 1 fully saturated rings. The molecule has 4 rings (SSSR count). The number of carbonyl (C=O) groups is 1. The Bertz CT molecular complexity index is 1020. The van der Waals surface area contributed by atoms with Crippen LogP contribution in [0.15, 0.2) is 47.5 Å². The molecule has 0 saturated carbocycles. The highest BCUT2D eigenvalue weighted by atomic mass is 16.2. The van der Waals surface area contributed by atoms with Crippen molar-refractivity contribution in [1.82, 2.24) is 24.4 Å². The van der Waals surface area contributed by atoms with Gasteiger partial charge in [0.15, 0.2) is 0 Å². The van der Waals surface area contributed by atoms with Gasteiger partial charge in [-0.25, -0.2) is 14.8 Å². The number of hydrogen-bond donors (Lipinski definition) is 1. The Balaban J connectivity index is 1.40. The molecule has 0 radical (unpaired) electrons. The normalized spacial score (nSPS) is 15.1. The fourth-order valence-corrected chi connectivity index (χ4v) is 3.83. The van der Waals surface area contributed by atoms with Gasteiger partial charge in [-0.1, -0.05) is 12.1 Å². The number of amides is 1. The minimum Gasteiger partial charge on any atom is -0.352 e. The zero-order valence-electron chi connectivity index (χ0n) is 15.9. The molecule has 1 aliphatic heterocycles.